The van der Waals surface area contributed by atoms with Crippen LogP contribution in [0.5, 0.6) is 11.5 Å². The molecule has 130 valence electrons. The Labute approximate surface area is 147 Å². The van der Waals surface area contributed by atoms with Crippen molar-refractivity contribution in [2.75, 3.05) is 14.2 Å². The third kappa shape index (κ3) is 3.20. The van der Waals surface area contributed by atoms with E-state index in [0.717, 1.165) is 5.56 Å². The molecule has 25 heavy (non-hydrogen) atoms. The minimum absolute atomic E-state index is 0.00962. The van der Waals surface area contributed by atoms with E-state index >= 15 is 0 Å². The molecule has 1 N–H and O–H groups in total. The Morgan fingerprint density at radius 2 is 2.12 bits per heavy atom. The SMILES string of the molecule is COc1ccc(OC)c(C(C)NC(=O)c2cnc3sccn3c2=O)c1. The molecule has 0 radical (unpaired) electrons. The molecule has 7 nitrogen and oxygen atoms in total. The Morgan fingerprint density at radius 1 is 1.32 bits per heavy atom. The molecule has 0 saturated carbocycles. The summed E-state index contributed by atoms with van der Waals surface area (Å²) in [6.07, 6.45) is 2.90. The number of aromatic nitrogens is 2. The lowest BCUT2D eigenvalue weighted by Gasteiger charge is -2.18. The lowest BCUT2D eigenvalue weighted by molar-refractivity contribution is 0.0937. The molecule has 0 fully saturated rings. The highest BCUT2D eigenvalue weighted by Gasteiger charge is 2.19. The van der Waals surface area contributed by atoms with E-state index in [1.165, 1.54) is 21.9 Å². The Bertz CT molecular complexity index is 979. The quantitative estimate of drug-likeness (QED) is 0.756. The molecule has 1 amide bonds. The maximum absolute atomic E-state index is 12.5. The van der Waals surface area contributed by atoms with Crippen LogP contribution in [0.2, 0.25) is 0 Å². The second-order valence-electron chi connectivity index (χ2n) is 5.34. The van der Waals surface area contributed by atoms with Crippen molar-refractivity contribution in [2.45, 2.75) is 13.0 Å². The number of nitrogens with zero attached hydrogens (tertiary/aromatic N) is 2. The van der Waals surface area contributed by atoms with Gasteiger partial charge in [0.2, 0.25) is 0 Å². The van der Waals surface area contributed by atoms with E-state index in [9.17, 15) is 9.59 Å². The zero-order chi connectivity index (χ0) is 18.0. The van der Waals surface area contributed by atoms with Crippen molar-refractivity contribution in [3.05, 3.63) is 57.5 Å². The van der Waals surface area contributed by atoms with Gasteiger partial charge < -0.3 is 14.8 Å². The summed E-state index contributed by atoms with van der Waals surface area (Å²) in [6.45, 7) is 1.81. The third-order valence-electron chi connectivity index (χ3n) is 3.84. The van der Waals surface area contributed by atoms with Crippen LogP contribution in [0.25, 0.3) is 4.96 Å². The van der Waals surface area contributed by atoms with E-state index in [1.807, 2.05) is 6.92 Å². The molecule has 0 spiro atoms. The fourth-order valence-electron chi connectivity index (χ4n) is 2.51. The van der Waals surface area contributed by atoms with Crippen molar-refractivity contribution < 1.29 is 14.3 Å². The summed E-state index contributed by atoms with van der Waals surface area (Å²) in [6, 6.07) is 4.94. The summed E-state index contributed by atoms with van der Waals surface area (Å²) in [5, 5.41) is 4.56. The molecular formula is C17H17N3O4S. The fourth-order valence-corrected chi connectivity index (χ4v) is 3.19. The zero-order valence-corrected chi connectivity index (χ0v) is 14.8. The Balaban J connectivity index is 1.89. The van der Waals surface area contributed by atoms with Crippen LogP contribution >= 0.6 is 11.3 Å². The van der Waals surface area contributed by atoms with Crippen LogP contribution in [-0.4, -0.2) is 29.5 Å². The fraction of sp³-hybridized carbons (Fsp3) is 0.235. The summed E-state index contributed by atoms with van der Waals surface area (Å²) < 4.78 is 11.9. The van der Waals surface area contributed by atoms with E-state index in [4.69, 9.17) is 9.47 Å². The number of ether oxygens (including phenoxy) is 2. The molecule has 8 heteroatoms. The minimum Gasteiger partial charge on any atom is -0.497 e. The van der Waals surface area contributed by atoms with Gasteiger partial charge in [0.25, 0.3) is 11.5 Å². The van der Waals surface area contributed by atoms with Gasteiger partial charge in [-0.15, -0.1) is 11.3 Å². The summed E-state index contributed by atoms with van der Waals surface area (Å²) >= 11 is 1.33. The molecule has 2 heterocycles. The smallest absolute Gasteiger partial charge is 0.271 e. The number of hydrogen-bond donors (Lipinski definition) is 1. The van der Waals surface area contributed by atoms with Crippen molar-refractivity contribution in [2.24, 2.45) is 0 Å². The highest BCUT2D eigenvalue weighted by atomic mass is 32.1. The van der Waals surface area contributed by atoms with Gasteiger partial charge in [0.05, 0.1) is 20.3 Å². The van der Waals surface area contributed by atoms with Gasteiger partial charge >= 0.3 is 0 Å². The number of carbonyl (C=O) groups excluding carboxylic acids is 1. The second-order valence-corrected chi connectivity index (χ2v) is 6.21. The number of methoxy groups -OCH3 is 2. The maximum Gasteiger partial charge on any atom is 0.271 e. The molecule has 0 aliphatic heterocycles. The molecule has 0 aliphatic carbocycles. The zero-order valence-electron chi connectivity index (χ0n) is 14.0. The van der Waals surface area contributed by atoms with E-state index in [-0.39, 0.29) is 11.6 Å². The van der Waals surface area contributed by atoms with Gasteiger partial charge in [-0.05, 0) is 25.1 Å². The van der Waals surface area contributed by atoms with Crippen LogP contribution in [-0.2, 0) is 0 Å². The van der Waals surface area contributed by atoms with E-state index in [1.54, 1.807) is 44.0 Å². The first kappa shape index (κ1) is 17.0. The van der Waals surface area contributed by atoms with Crippen LogP contribution in [0, 0.1) is 0 Å². The number of benzene rings is 1. The van der Waals surface area contributed by atoms with Gasteiger partial charge in [0.15, 0.2) is 4.96 Å². The van der Waals surface area contributed by atoms with Gasteiger partial charge in [-0.1, -0.05) is 0 Å². The highest BCUT2D eigenvalue weighted by Crippen LogP contribution is 2.29. The second kappa shape index (κ2) is 6.94. The van der Waals surface area contributed by atoms with Gasteiger partial charge in [-0.25, -0.2) is 4.98 Å². The number of rotatable bonds is 5. The number of hydrogen-bond acceptors (Lipinski definition) is 6. The first-order chi connectivity index (χ1) is 12.0. The van der Waals surface area contributed by atoms with Crippen LogP contribution < -0.4 is 20.3 Å². The van der Waals surface area contributed by atoms with Crippen molar-refractivity contribution in [1.82, 2.24) is 14.7 Å². The topological polar surface area (TPSA) is 81.9 Å². The largest absolute Gasteiger partial charge is 0.497 e. The third-order valence-corrected chi connectivity index (χ3v) is 4.61. The van der Waals surface area contributed by atoms with Crippen molar-refractivity contribution in [1.29, 1.82) is 0 Å². The highest BCUT2D eigenvalue weighted by molar-refractivity contribution is 7.15. The van der Waals surface area contributed by atoms with Gasteiger partial charge in [-0.3, -0.25) is 14.0 Å². The molecule has 3 rings (SSSR count). The molecule has 0 bridgehead atoms. The normalized spacial score (nSPS) is 12.0. The summed E-state index contributed by atoms with van der Waals surface area (Å²) in [4.78, 5) is 29.6. The lowest BCUT2D eigenvalue weighted by Crippen LogP contribution is -2.33. The number of thiazole rings is 1. The first-order valence-electron chi connectivity index (χ1n) is 7.52. The molecule has 0 saturated heterocycles. The predicted molar refractivity (Wildman–Crippen MR) is 94.8 cm³/mol. The Morgan fingerprint density at radius 3 is 2.84 bits per heavy atom. The average molecular weight is 359 g/mol. The van der Waals surface area contributed by atoms with E-state index in [0.29, 0.717) is 16.5 Å². The predicted octanol–water partition coefficient (Wildman–Crippen LogP) is 2.26. The standard InChI is InChI=1S/C17H17N3O4S/c1-10(12-8-11(23-2)4-5-14(12)24-3)19-15(21)13-9-18-17-20(16(13)22)6-7-25-17/h4-10H,1-3H3,(H,19,21). The van der Waals surface area contributed by atoms with Gasteiger partial charge in [0, 0.05) is 23.3 Å². The van der Waals surface area contributed by atoms with Crippen molar-refractivity contribution in [3.8, 4) is 11.5 Å². The average Bonchev–Trinajstić information content (AvgIpc) is 3.10. The van der Waals surface area contributed by atoms with Gasteiger partial charge in [0.1, 0.15) is 17.1 Å². The maximum atomic E-state index is 12.5. The molecule has 1 atom stereocenters. The van der Waals surface area contributed by atoms with Crippen LogP contribution in [0.4, 0.5) is 0 Å². The number of fused-ring (bicyclic) bond motifs is 1. The van der Waals surface area contributed by atoms with Crippen molar-refractivity contribution >= 4 is 22.2 Å². The summed E-state index contributed by atoms with van der Waals surface area (Å²) in [7, 11) is 3.12. The molecular weight excluding hydrogens is 342 g/mol. The monoisotopic (exact) mass is 359 g/mol. The summed E-state index contributed by atoms with van der Waals surface area (Å²) in [5.41, 5.74) is 0.345. The van der Waals surface area contributed by atoms with Crippen molar-refractivity contribution in [3.63, 3.8) is 0 Å². The minimum atomic E-state index is -0.490. The molecule has 2 aromatic heterocycles. The molecule has 0 aliphatic rings. The van der Waals surface area contributed by atoms with Crippen LogP contribution in [0.15, 0.2) is 40.8 Å². The number of amides is 1. The Hall–Kier alpha value is -2.87. The van der Waals surface area contributed by atoms with Crippen LogP contribution in [0.3, 0.4) is 0 Å². The first-order valence-corrected chi connectivity index (χ1v) is 8.40. The summed E-state index contributed by atoms with van der Waals surface area (Å²) in [5.74, 6) is 0.783. The van der Waals surface area contributed by atoms with E-state index in [2.05, 4.69) is 10.3 Å². The van der Waals surface area contributed by atoms with Crippen LogP contribution in [0.1, 0.15) is 28.9 Å². The number of carbonyl (C=O) groups is 1. The van der Waals surface area contributed by atoms with Gasteiger partial charge in [-0.2, -0.15) is 0 Å². The lowest BCUT2D eigenvalue weighted by atomic mass is 10.1. The molecule has 1 aromatic carbocycles. The number of nitrogens with one attached hydrogen (secondary N) is 1. The Kier molecular flexibility index (Phi) is 4.71. The molecule has 3 aromatic rings. The molecule has 1 unspecified atom stereocenters. The van der Waals surface area contributed by atoms with E-state index < -0.39 is 11.5 Å².